The Balaban J connectivity index is 2.98. The third-order valence-corrected chi connectivity index (χ3v) is 2.39. The van der Waals surface area contributed by atoms with Gasteiger partial charge in [-0.3, -0.25) is 4.79 Å². The highest BCUT2D eigenvalue weighted by molar-refractivity contribution is 5.94. The number of nitrogens with zero attached hydrogens (tertiary/aromatic N) is 1. The number of rotatable bonds is 4. The van der Waals surface area contributed by atoms with Crippen LogP contribution in [-0.2, 0) is 0 Å². The number of aliphatic hydroxyl groups is 1. The Labute approximate surface area is 94.5 Å². The van der Waals surface area contributed by atoms with E-state index in [1.807, 2.05) is 0 Å². The topological polar surface area (TPSA) is 40.5 Å². The minimum absolute atomic E-state index is 0.0651. The third-order valence-electron chi connectivity index (χ3n) is 2.39. The maximum Gasteiger partial charge on any atom is 0.256 e. The van der Waals surface area contributed by atoms with Crippen LogP contribution in [0.25, 0.3) is 0 Å². The second-order valence-corrected chi connectivity index (χ2v) is 3.59. The van der Waals surface area contributed by atoms with Gasteiger partial charge < -0.3 is 10.0 Å². The zero-order chi connectivity index (χ0) is 12.1. The van der Waals surface area contributed by atoms with Crippen molar-refractivity contribution in [3.05, 3.63) is 35.1 Å². The van der Waals surface area contributed by atoms with E-state index in [1.165, 1.54) is 17.0 Å². The van der Waals surface area contributed by atoms with E-state index in [0.29, 0.717) is 6.54 Å². The van der Waals surface area contributed by atoms with Crippen LogP contribution in [0, 0.1) is 12.7 Å². The van der Waals surface area contributed by atoms with E-state index in [1.54, 1.807) is 19.9 Å². The molecule has 0 bridgehead atoms. The summed E-state index contributed by atoms with van der Waals surface area (Å²) in [5.74, 6) is -0.898. The Morgan fingerprint density at radius 2 is 2.19 bits per heavy atom. The van der Waals surface area contributed by atoms with Crippen molar-refractivity contribution in [3.63, 3.8) is 0 Å². The predicted molar refractivity (Wildman–Crippen MR) is 59.8 cm³/mol. The number of aryl methyl sites for hydroxylation is 1. The molecule has 16 heavy (non-hydrogen) atoms. The van der Waals surface area contributed by atoms with E-state index in [4.69, 9.17) is 5.11 Å². The molecule has 3 nitrogen and oxygen atoms in total. The summed E-state index contributed by atoms with van der Waals surface area (Å²) < 4.78 is 13.4. The normalized spacial score (nSPS) is 10.2. The predicted octanol–water partition coefficient (Wildman–Crippen LogP) is 1.59. The van der Waals surface area contributed by atoms with Crippen LogP contribution in [0.1, 0.15) is 22.8 Å². The Morgan fingerprint density at radius 3 is 2.75 bits per heavy atom. The molecule has 1 rings (SSSR count). The molecule has 0 fully saturated rings. The highest BCUT2D eigenvalue weighted by atomic mass is 19.1. The highest BCUT2D eigenvalue weighted by Gasteiger charge is 2.17. The number of aliphatic hydroxyl groups excluding tert-OH is 1. The Hall–Kier alpha value is -1.42. The smallest absolute Gasteiger partial charge is 0.256 e. The first-order valence-electron chi connectivity index (χ1n) is 5.26. The molecule has 0 radical (unpaired) electrons. The fraction of sp³-hybridized carbons (Fsp3) is 0.417. The Morgan fingerprint density at radius 1 is 1.50 bits per heavy atom. The molecular weight excluding hydrogens is 209 g/mol. The van der Waals surface area contributed by atoms with Crippen molar-refractivity contribution in [2.45, 2.75) is 13.8 Å². The minimum atomic E-state index is -0.521. The van der Waals surface area contributed by atoms with Gasteiger partial charge in [-0.05, 0) is 26.0 Å². The van der Waals surface area contributed by atoms with E-state index in [2.05, 4.69) is 0 Å². The Bertz CT molecular complexity index is 379. The van der Waals surface area contributed by atoms with Crippen molar-refractivity contribution >= 4 is 5.91 Å². The number of benzene rings is 1. The number of hydrogen-bond acceptors (Lipinski definition) is 2. The number of halogens is 1. The first-order valence-corrected chi connectivity index (χ1v) is 5.26. The van der Waals surface area contributed by atoms with Gasteiger partial charge in [0.15, 0.2) is 0 Å². The van der Waals surface area contributed by atoms with Crippen LogP contribution in [0.15, 0.2) is 18.2 Å². The Kier molecular flexibility index (Phi) is 4.43. The van der Waals surface area contributed by atoms with Crippen LogP contribution in [-0.4, -0.2) is 35.6 Å². The molecule has 88 valence electrons. The number of likely N-dealkylation sites (N-methyl/N-ethyl adjacent to an activating group) is 1. The lowest BCUT2D eigenvalue weighted by atomic mass is 10.1. The summed E-state index contributed by atoms with van der Waals surface area (Å²) >= 11 is 0. The summed E-state index contributed by atoms with van der Waals surface area (Å²) in [6.45, 7) is 4.16. The van der Waals surface area contributed by atoms with Gasteiger partial charge in [0.2, 0.25) is 0 Å². The SMILES string of the molecule is CCN(CCO)C(=O)c1cc(C)ccc1F. The van der Waals surface area contributed by atoms with Gasteiger partial charge in [0.1, 0.15) is 5.82 Å². The molecule has 0 spiro atoms. The largest absolute Gasteiger partial charge is 0.395 e. The number of hydrogen-bond donors (Lipinski definition) is 1. The number of carbonyl (C=O) groups is 1. The molecule has 1 aromatic rings. The molecule has 0 aliphatic heterocycles. The van der Waals surface area contributed by atoms with Crippen LogP contribution in [0.4, 0.5) is 4.39 Å². The molecule has 0 unspecified atom stereocenters. The van der Waals surface area contributed by atoms with Crippen LogP contribution >= 0.6 is 0 Å². The highest BCUT2D eigenvalue weighted by Crippen LogP contribution is 2.12. The molecule has 1 aromatic carbocycles. The first-order chi connectivity index (χ1) is 7.60. The first kappa shape index (κ1) is 12.6. The summed E-state index contributed by atoms with van der Waals surface area (Å²) in [7, 11) is 0. The zero-order valence-electron chi connectivity index (χ0n) is 9.53. The zero-order valence-corrected chi connectivity index (χ0v) is 9.53. The minimum Gasteiger partial charge on any atom is -0.395 e. The molecule has 0 saturated carbocycles. The second-order valence-electron chi connectivity index (χ2n) is 3.59. The number of amides is 1. The van der Waals surface area contributed by atoms with Gasteiger partial charge in [0, 0.05) is 13.1 Å². The van der Waals surface area contributed by atoms with Crippen molar-refractivity contribution in [2.24, 2.45) is 0 Å². The van der Waals surface area contributed by atoms with Gasteiger partial charge >= 0.3 is 0 Å². The summed E-state index contributed by atoms with van der Waals surface area (Å²) in [5, 5.41) is 8.80. The summed E-state index contributed by atoms with van der Waals surface area (Å²) in [4.78, 5) is 13.3. The van der Waals surface area contributed by atoms with Crippen molar-refractivity contribution < 1.29 is 14.3 Å². The molecule has 1 amide bonds. The summed E-state index contributed by atoms with van der Waals surface area (Å²) in [6, 6.07) is 4.43. The lowest BCUT2D eigenvalue weighted by molar-refractivity contribution is 0.0727. The van der Waals surface area contributed by atoms with E-state index >= 15 is 0 Å². The van der Waals surface area contributed by atoms with Crippen LogP contribution in [0.3, 0.4) is 0 Å². The average Bonchev–Trinajstić information content (AvgIpc) is 2.28. The van der Waals surface area contributed by atoms with Gasteiger partial charge in [-0.2, -0.15) is 0 Å². The molecule has 0 heterocycles. The van der Waals surface area contributed by atoms with E-state index in [-0.39, 0.29) is 24.6 Å². The summed E-state index contributed by atoms with van der Waals surface area (Å²) in [5.41, 5.74) is 0.903. The molecule has 0 aromatic heterocycles. The van der Waals surface area contributed by atoms with Crippen molar-refractivity contribution in [1.82, 2.24) is 4.90 Å². The van der Waals surface area contributed by atoms with Crippen LogP contribution in [0.2, 0.25) is 0 Å². The van der Waals surface area contributed by atoms with Crippen LogP contribution in [0.5, 0.6) is 0 Å². The number of carbonyl (C=O) groups excluding carboxylic acids is 1. The molecule has 4 heteroatoms. The molecule has 0 aliphatic carbocycles. The van der Waals surface area contributed by atoms with Crippen molar-refractivity contribution in [2.75, 3.05) is 19.7 Å². The fourth-order valence-corrected chi connectivity index (χ4v) is 1.50. The molecule has 0 atom stereocenters. The molecule has 0 aliphatic rings. The maximum absolute atomic E-state index is 13.4. The van der Waals surface area contributed by atoms with Crippen molar-refractivity contribution in [1.29, 1.82) is 0 Å². The van der Waals surface area contributed by atoms with Gasteiger partial charge in [-0.15, -0.1) is 0 Å². The lowest BCUT2D eigenvalue weighted by Crippen LogP contribution is -2.33. The van der Waals surface area contributed by atoms with Gasteiger partial charge in [0.05, 0.1) is 12.2 Å². The summed E-state index contributed by atoms with van der Waals surface area (Å²) in [6.07, 6.45) is 0. The third kappa shape index (κ3) is 2.79. The van der Waals surface area contributed by atoms with Gasteiger partial charge in [0.25, 0.3) is 5.91 Å². The molecule has 1 N–H and O–H groups in total. The maximum atomic E-state index is 13.4. The average molecular weight is 225 g/mol. The molecule has 0 saturated heterocycles. The van der Waals surface area contributed by atoms with Crippen molar-refractivity contribution in [3.8, 4) is 0 Å². The monoisotopic (exact) mass is 225 g/mol. The van der Waals surface area contributed by atoms with Gasteiger partial charge in [-0.25, -0.2) is 4.39 Å². The quantitative estimate of drug-likeness (QED) is 0.845. The standard InChI is InChI=1S/C12H16FNO2/c1-3-14(6-7-15)12(16)10-8-9(2)4-5-11(10)13/h4-5,8,15H,3,6-7H2,1-2H3. The fourth-order valence-electron chi connectivity index (χ4n) is 1.50. The lowest BCUT2D eigenvalue weighted by Gasteiger charge is -2.20. The van der Waals surface area contributed by atoms with E-state index < -0.39 is 5.82 Å². The molecular formula is C12H16FNO2. The van der Waals surface area contributed by atoms with Crippen LogP contribution < -0.4 is 0 Å². The van der Waals surface area contributed by atoms with E-state index in [0.717, 1.165) is 5.56 Å². The second kappa shape index (κ2) is 5.61. The van der Waals surface area contributed by atoms with E-state index in [9.17, 15) is 9.18 Å². The van der Waals surface area contributed by atoms with Gasteiger partial charge in [-0.1, -0.05) is 11.6 Å².